The van der Waals surface area contributed by atoms with E-state index in [4.69, 9.17) is 5.11 Å². The average molecular weight is 222 g/mol. The second-order valence-electron chi connectivity index (χ2n) is 3.26. The van der Waals surface area contributed by atoms with Crippen LogP contribution < -0.4 is 0 Å². The highest BCUT2D eigenvalue weighted by molar-refractivity contribution is 7.80. The molecule has 1 rings (SSSR count). The molecular weight excluding hydrogens is 208 g/mol. The first-order valence-corrected chi connectivity index (χ1v) is 5.40. The Morgan fingerprint density at radius 2 is 2.27 bits per heavy atom. The summed E-state index contributed by atoms with van der Waals surface area (Å²) in [7, 11) is 0. The molecule has 1 aromatic rings. The smallest absolute Gasteiger partial charge is 0.336 e. The van der Waals surface area contributed by atoms with E-state index in [1.807, 2.05) is 24.3 Å². The first-order chi connectivity index (χ1) is 7.16. The van der Waals surface area contributed by atoms with Gasteiger partial charge in [-0.05, 0) is 30.2 Å². The van der Waals surface area contributed by atoms with Gasteiger partial charge < -0.3 is 5.11 Å². The summed E-state index contributed by atoms with van der Waals surface area (Å²) in [6.07, 6.45) is 4.62. The molecule has 0 aromatic heterocycles. The third-order valence-corrected chi connectivity index (χ3v) is 2.37. The van der Waals surface area contributed by atoms with Crippen molar-refractivity contribution in [2.24, 2.45) is 0 Å². The van der Waals surface area contributed by atoms with Crippen molar-refractivity contribution in [3.05, 3.63) is 41.0 Å². The summed E-state index contributed by atoms with van der Waals surface area (Å²) < 4.78 is 0. The molecular formula is C12H14O2S. The molecule has 0 bridgehead atoms. The van der Waals surface area contributed by atoms with Crippen LogP contribution in [0, 0.1) is 6.92 Å². The number of aromatic carboxylic acids is 1. The third kappa shape index (κ3) is 3.13. The van der Waals surface area contributed by atoms with Crippen molar-refractivity contribution in [1.82, 2.24) is 0 Å². The van der Waals surface area contributed by atoms with E-state index in [9.17, 15) is 4.79 Å². The zero-order valence-electron chi connectivity index (χ0n) is 8.60. The Balaban J connectivity index is 3.06. The van der Waals surface area contributed by atoms with Crippen molar-refractivity contribution in [2.45, 2.75) is 13.3 Å². The van der Waals surface area contributed by atoms with Crippen LogP contribution in [0.15, 0.2) is 24.3 Å². The average Bonchev–Trinajstić information content (AvgIpc) is 2.17. The number of benzene rings is 1. The zero-order chi connectivity index (χ0) is 11.3. The lowest BCUT2D eigenvalue weighted by Gasteiger charge is -2.04. The van der Waals surface area contributed by atoms with Crippen LogP contribution in [0.5, 0.6) is 0 Å². The van der Waals surface area contributed by atoms with E-state index in [1.165, 1.54) is 0 Å². The third-order valence-electron chi connectivity index (χ3n) is 2.11. The summed E-state index contributed by atoms with van der Waals surface area (Å²) >= 11 is 4.09. The molecule has 0 spiro atoms. The number of carboxylic acids is 1. The summed E-state index contributed by atoms with van der Waals surface area (Å²) in [4.78, 5) is 11.0. The van der Waals surface area contributed by atoms with E-state index in [2.05, 4.69) is 12.6 Å². The van der Waals surface area contributed by atoms with Crippen molar-refractivity contribution in [3.8, 4) is 0 Å². The molecule has 80 valence electrons. The maximum absolute atomic E-state index is 11.0. The molecule has 2 nitrogen and oxygen atoms in total. The lowest BCUT2D eigenvalue weighted by Crippen LogP contribution is -2.02. The van der Waals surface area contributed by atoms with Crippen LogP contribution in [-0.4, -0.2) is 16.8 Å². The summed E-state index contributed by atoms with van der Waals surface area (Å²) in [5.41, 5.74) is 1.92. The molecule has 1 N–H and O–H groups in total. The molecule has 0 aliphatic heterocycles. The van der Waals surface area contributed by atoms with Gasteiger partial charge in [-0.15, -0.1) is 0 Å². The Labute approximate surface area is 95.0 Å². The van der Waals surface area contributed by atoms with E-state index in [1.54, 1.807) is 13.0 Å². The monoisotopic (exact) mass is 222 g/mol. The number of carbonyl (C=O) groups is 1. The van der Waals surface area contributed by atoms with Crippen LogP contribution in [0.2, 0.25) is 0 Å². The van der Waals surface area contributed by atoms with Gasteiger partial charge in [0.25, 0.3) is 0 Å². The number of hydrogen-bond donors (Lipinski definition) is 2. The molecule has 15 heavy (non-hydrogen) atoms. The number of carboxylic acid groups (broad SMARTS) is 1. The van der Waals surface area contributed by atoms with Crippen LogP contribution in [0.3, 0.4) is 0 Å². The van der Waals surface area contributed by atoms with Crippen LogP contribution in [0.1, 0.15) is 27.9 Å². The van der Waals surface area contributed by atoms with Crippen molar-refractivity contribution in [2.75, 3.05) is 5.75 Å². The maximum atomic E-state index is 11.0. The molecule has 0 atom stereocenters. The van der Waals surface area contributed by atoms with E-state index in [-0.39, 0.29) is 0 Å². The summed E-state index contributed by atoms with van der Waals surface area (Å²) in [6.45, 7) is 1.80. The van der Waals surface area contributed by atoms with Gasteiger partial charge in [0.1, 0.15) is 0 Å². The minimum absolute atomic E-state index is 0.382. The first kappa shape index (κ1) is 11.9. The predicted octanol–water partition coefficient (Wildman–Crippen LogP) is 3.03. The van der Waals surface area contributed by atoms with E-state index in [0.717, 1.165) is 23.3 Å². The van der Waals surface area contributed by atoms with Gasteiger partial charge in [-0.3, -0.25) is 0 Å². The van der Waals surface area contributed by atoms with Crippen molar-refractivity contribution < 1.29 is 9.90 Å². The minimum atomic E-state index is -0.876. The maximum Gasteiger partial charge on any atom is 0.336 e. The Bertz CT molecular complexity index is 383. The summed E-state index contributed by atoms with van der Waals surface area (Å²) in [5.74, 6) is -0.108. The van der Waals surface area contributed by atoms with Gasteiger partial charge >= 0.3 is 5.97 Å². The standard InChI is InChI=1S/C12H14O2S/c1-9-5-4-7-10(6-2-3-8-15)11(9)12(13)14/h2,4-7,15H,3,8H2,1H3,(H,13,14). The van der Waals surface area contributed by atoms with Crippen molar-refractivity contribution >= 4 is 24.7 Å². The van der Waals surface area contributed by atoms with Gasteiger partial charge in [0.15, 0.2) is 0 Å². The minimum Gasteiger partial charge on any atom is -0.478 e. The second kappa shape index (κ2) is 5.61. The van der Waals surface area contributed by atoms with Gasteiger partial charge in [0.05, 0.1) is 5.56 Å². The highest BCUT2D eigenvalue weighted by Crippen LogP contribution is 2.16. The van der Waals surface area contributed by atoms with Crippen LogP contribution in [0.4, 0.5) is 0 Å². The quantitative estimate of drug-likeness (QED) is 0.768. The summed E-state index contributed by atoms with van der Waals surface area (Å²) in [5, 5.41) is 9.05. The second-order valence-corrected chi connectivity index (χ2v) is 3.71. The Morgan fingerprint density at radius 3 is 2.87 bits per heavy atom. The molecule has 0 saturated heterocycles. The predicted molar refractivity (Wildman–Crippen MR) is 65.6 cm³/mol. The highest BCUT2D eigenvalue weighted by Gasteiger charge is 2.10. The molecule has 0 fully saturated rings. The molecule has 0 aliphatic carbocycles. The fourth-order valence-electron chi connectivity index (χ4n) is 1.41. The van der Waals surface area contributed by atoms with Crippen molar-refractivity contribution in [1.29, 1.82) is 0 Å². The Morgan fingerprint density at radius 1 is 1.53 bits per heavy atom. The van der Waals surface area contributed by atoms with Crippen molar-refractivity contribution in [3.63, 3.8) is 0 Å². The number of allylic oxidation sites excluding steroid dienone is 1. The number of thiol groups is 1. The molecule has 0 amide bonds. The molecule has 0 heterocycles. The molecule has 0 unspecified atom stereocenters. The normalized spacial score (nSPS) is 10.8. The zero-order valence-corrected chi connectivity index (χ0v) is 9.50. The molecule has 1 aromatic carbocycles. The van der Waals surface area contributed by atoms with Gasteiger partial charge in [0.2, 0.25) is 0 Å². The fourth-order valence-corrected chi connectivity index (χ4v) is 1.56. The molecule has 0 saturated carbocycles. The Hall–Kier alpha value is -1.22. The van der Waals surface area contributed by atoms with E-state index >= 15 is 0 Å². The van der Waals surface area contributed by atoms with Gasteiger partial charge in [0, 0.05) is 0 Å². The number of hydrogen-bond acceptors (Lipinski definition) is 2. The van der Waals surface area contributed by atoms with Crippen LogP contribution in [-0.2, 0) is 0 Å². The van der Waals surface area contributed by atoms with Crippen LogP contribution >= 0.6 is 12.6 Å². The topological polar surface area (TPSA) is 37.3 Å². The van der Waals surface area contributed by atoms with Crippen LogP contribution in [0.25, 0.3) is 6.08 Å². The summed E-state index contributed by atoms with van der Waals surface area (Å²) in [6, 6.07) is 5.48. The highest BCUT2D eigenvalue weighted by atomic mass is 32.1. The fraction of sp³-hybridized carbons (Fsp3) is 0.250. The number of aryl methyl sites for hydroxylation is 1. The molecule has 3 heteroatoms. The number of rotatable bonds is 4. The van der Waals surface area contributed by atoms with Gasteiger partial charge in [-0.1, -0.05) is 30.4 Å². The first-order valence-electron chi connectivity index (χ1n) is 4.77. The van der Waals surface area contributed by atoms with E-state index < -0.39 is 5.97 Å². The molecule has 0 aliphatic rings. The SMILES string of the molecule is Cc1cccc(C=CCCS)c1C(=O)O. The van der Waals surface area contributed by atoms with Gasteiger partial charge in [-0.2, -0.15) is 12.6 Å². The lowest BCUT2D eigenvalue weighted by atomic mass is 10.0. The van der Waals surface area contributed by atoms with E-state index in [0.29, 0.717) is 5.56 Å². The largest absolute Gasteiger partial charge is 0.478 e. The lowest BCUT2D eigenvalue weighted by molar-refractivity contribution is 0.0696. The van der Waals surface area contributed by atoms with Gasteiger partial charge in [-0.25, -0.2) is 4.79 Å². The Kier molecular flexibility index (Phi) is 4.43. The molecule has 0 radical (unpaired) electrons.